The highest BCUT2D eigenvalue weighted by Crippen LogP contribution is 2.21. The average molecular weight is 703 g/mol. The summed E-state index contributed by atoms with van der Waals surface area (Å²) in [5, 5.41) is 27.2. The van der Waals surface area contributed by atoms with Crippen molar-refractivity contribution >= 4 is 46.9 Å². The van der Waals surface area contributed by atoms with Crippen LogP contribution in [0.15, 0.2) is 89.9 Å². The van der Waals surface area contributed by atoms with E-state index < -0.39 is 46.7 Å². The van der Waals surface area contributed by atoms with Crippen molar-refractivity contribution < 1.29 is 34.0 Å². The van der Waals surface area contributed by atoms with Crippen LogP contribution in [0.5, 0.6) is 0 Å². The molecule has 4 amide bonds. The number of amides is 4. The molecule has 1 saturated heterocycles. The summed E-state index contributed by atoms with van der Waals surface area (Å²) in [5.41, 5.74) is 11.9. The van der Waals surface area contributed by atoms with Crippen molar-refractivity contribution in [3.8, 4) is 0 Å². The molecule has 8 N–H and O–H groups in total. The number of carboxylic acids is 1. The lowest BCUT2D eigenvalue weighted by Crippen LogP contribution is -2.59. The van der Waals surface area contributed by atoms with Crippen LogP contribution in [-0.2, 0) is 25.6 Å². The number of hydrogen-bond acceptors (Lipinski definition) is 9. The van der Waals surface area contributed by atoms with Gasteiger partial charge in [0, 0.05) is 43.3 Å². The molecule has 0 spiro atoms. The van der Waals surface area contributed by atoms with E-state index in [4.69, 9.17) is 21.4 Å². The molecule has 0 bridgehead atoms. The number of imide groups is 1. The second kappa shape index (κ2) is 19.7. The van der Waals surface area contributed by atoms with Crippen LogP contribution in [0, 0.1) is 10.1 Å². The van der Waals surface area contributed by atoms with Gasteiger partial charge in [-0.25, -0.2) is 0 Å². The number of carbonyl (C=O) groups is 5. The predicted octanol–water partition coefficient (Wildman–Crippen LogP) is 2.19. The molecule has 16 nitrogen and oxygen atoms in total. The number of aliphatic carboxylic acids is 1. The zero-order valence-corrected chi connectivity index (χ0v) is 28.1. The molecular weight excluding hydrogens is 660 g/mol. The molecule has 1 aliphatic heterocycles. The fraction of sp³-hybridized carbons (Fsp3) is 0.314. The zero-order chi connectivity index (χ0) is 37.3. The van der Waals surface area contributed by atoms with E-state index in [2.05, 4.69) is 20.9 Å². The topological polar surface area (TPSA) is 252 Å². The normalized spacial score (nSPS) is 14.4. The van der Waals surface area contributed by atoms with E-state index in [0.29, 0.717) is 13.0 Å². The number of carboxylic acid groups (broad SMARTS) is 1. The van der Waals surface area contributed by atoms with Crippen LogP contribution in [0.4, 0.5) is 11.4 Å². The maximum Gasteiger partial charge on any atom is 0.300 e. The minimum Gasteiger partial charge on any atom is -0.481 e. The van der Waals surface area contributed by atoms with E-state index in [0.717, 1.165) is 23.8 Å². The van der Waals surface area contributed by atoms with Crippen molar-refractivity contribution in [2.75, 3.05) is 18.4 Å². The van der Waals surface area contributed by atoms with Crippen LogP contribution in [0.1, 0.15) is 48.5 Å². The highest BCUT2D eigenvalue weighted by molar-refractivity contribution is 6.11. The Morgan fingerprint density at radius 3 is 2.16 bits per heavy atom. The Kier molecular flexibility index (Phi) is 15.2. The summed E-state index contributed by atoms with van der Waals surface area (Å²) < 4.78 is 0. The van der Waals surface area contributed by atoms with Crippen molar-refractivity contribution in [3.63, 3.8) is 0 Å². The van der Waals surface area contributed by atoms with Gasteiger partial charge in [0.25, 0.3) is 23.5 Å². The standard InChI is InChI=1S/C33H38N8O6.C2H4O2/c34-33(35)37-20-8-14-28(30(43)38-24-15-17-25(18-16-24)41(46)47)40(31(44)23-11-5-2-6-12-23)32(45)27(21-22-9-3-1-4-10-22)39-29(42)26-13-7-19-36-26;1-2(3)4/h1-6,9-12,15-18,26-28,36H,7-8,13-14,19-21H2,(H,38,43)(H,39,42)(H4,34,35,37);1H3,(H,3,4)/t26-,27-,28-;/m0./s1. The van der Waals surface area contributed by atoms with Crippen LogP contribution < -0.4 is 27.4 Å². The van der Waals surface area contributed by atoms with Crippen molar-refractivity contribution in [1.82, 2.24) is 15.5 Å². The smallest absolute Gasteiger partial charge is 0.300 e. The van der Waals surface area contributed by atoms with Gasteiger partial charge in [0.15, 0.2) is 5.96 Å². The SMILES string of the molecule is CC(=O)O.NC(N)=NCCC[C@@H](C(=O)Nc1ccc([N+](=O)[O-])cc1)N(C(=O)c1ccccc1)C(=O)[C@H](Cc1ccccc1)NC(=O)[C@@H]1CCCN1. The number of nitrogens with one attached hydrogen (secondary N) is 3. The molecule has 0 saturated carbocycles. The van der Waals surface area contributed by atoms with Gasteiger partial charge in [-0.15, -0.1) is 0 Å². The predicted molar refractivity (Wildman–Crippen MR) is 189 cm³/mol. The molecule has 51 heavy (non-hydrogen) atoms. The van der Waals surface area contributed by atoms with Crippen molar-refractivity contribution in [1.29, 1.82) is 0 Å². The van der Waals surface area contributed by atoms with E-state index in [1.165, 1.54) is 36.4 Å². The highest BCUT2D eigenvalue weighted by Gasteiger charge is 2.40. The number of benzene rings is 3. The largest absolute Gasteiger partial charge is 0.481 e. The molecule has 4 rings (SSSR count). The molecule has 1 aliphatic rings. The van der Waals surface area contributed by atoms with Gasteiger partial charge in [0.1, 0.15) is 12.1 Å². The summed E-state index contributed by atoms with van der Waals surface area (Å²) in [6.45, 7) is 1.86. The lowest BCUT2D eigenvalue weighted by molar-refractivity contribution is -0.384. The Morgan fingerprint density at radius 1 is 1.00 bits per heavy atom. The van der Waals surface area contributed by atoms with Crippen molar-refractivity contribution in [2.24, 2.45) is 16.5 Å². The summed E-state index contributed by atoms with van der Waals surface area (Å²) in [5.74, 6) is -3.62. The number of rotatable bonds is 14. The number of hydrogen-bond donors (Lipinski definition) is 6. The van der Waals surface area contributed by atoms with Gasteiger partial charge in [-0.05, 0) is 62.1 Å². The Bertz CT molecular complexity index is 1670. The maximum atomic E-state index is 14.6. The van der Waals surface area contributed by atoms with Crippen LogP contribution in [0.25, 0.3) is 0 Å². The van der Waals surface area contributed by atoms with Gasteiger partial charge in [-0.3, -0.25) is 44.0 Å². The summed E-state index contributed by atoms with van der Waals surface area (Å²) in [6.07, 6.45) is 1.63. The van der Waals surface area contributed by atoms with E-state index >= 15 is 0 Å². The molecule has 1 fully saturated rings. The number of nitro groups is 1. The van der Waals surface area contributed by atoms with Crippen LogP contribution in [0.3, 0.4) is 0 Å². The number of guanidine groups is 1. The monoisotopic (exact) mass is 702 g/mol. The number of nitrogens with zero attached hydrogens (tertiary/aromatic N) is 3. The molecule has 3 aromatic rings. The fourth-order valence-corrected chi connectivity index (χ4v) is 5.28. The lowest BCUT2D eigenvalue weighted by atomic mass is 10.00. The summed E-state index contributed by atoms with van der Waals surface area (Å²) in [6, 6.07) is 19.1. The third kappa shape index (κ3) is 12.7. The van der Waals surface area contributed by atoms with E-state index in [1.807, 2.05) is 6.07 Å². The molecule has 0 aromatic heterocycles. The number of nitro benzene ring substituents is 1. The first-order valence-corrected chi connectivity index (χ1v) is 16.2. The van der Waals surface area contributed by atoms with Gasteiger partial charge in [-0.2, -0.15) is 0 Å². The van der Waals surface area contributed by atoms with Crippen LogP contribution in [-0.4, -0.2) is 81.7 Å². The first kappa shape index (κ1) is 39.3. The van der Waals surface area contributed by atoms with E-state index in [-0.39, 0.29) is 54.6 Å². The molecule has 0 unspecified atom stereocenters. The van der Waals surface area contributed by atoms with E-state index in [9.17, 15) is 29.3 Å². The van der Waals surface area contributed by atoms with Gasteiger partial charge in [-0.1, -0.05) is 48.5 Å². The number of aliphatic imine (C=N–C) groups is 1. The fourth-order valence-electron chi connectivity index (χ4n) is 5.28. The van der Waals surface area contributed by atoms with Crippen molar-refractivity contribution in [2.45, 2.75) is 57.2 Å². The van der Waals surface area contributed by atoms with Crippen LogP contribution >= 0.6 is 0 Å². The lowest BCUT2D eigenvalue weighted by Gasteiger charge is -2.33. The van der Waals surface area contributed by atoms with Gasteiger partial charge < -0.3 is 32.5 Å². The molecule has 3 aromatic carbocycles. The minimum absolute atomic E-state index is 0.0317. The number of non-ortho nitro benzene ring substituents is 1. The van der Waals surface area contributed by atoms with Gasteiger partial charge in [0.2, 0.25) is 11.8 Å². The Balaban J connectivity index is 0.00000166. The van der Waals surface area contributed by atoms with Gasteiger partial charge >= 0.3 is 0 Å². The van der Waals surface area contributed by atoms with Crippen LogP contribution in [0.2, 0.25) is 0 Å². The zero-order valence-electron chi connectivity index (χ0n) is 28.1. The summed E-state index contributed by atoms with van der Waals surface area (Å²) >= 11 is 0. The van der Waals surface area contributed by atoms with Crippen molar-refractivity contribution in [3.05, 3.63) is 106 Å². The van der Waals surface area contributed by atoms with Gasteiger partial charge in [0.05, 0.1) is 11.0 Å². The van der Waals surface area contributed by atoms with E-state index in [1.54, 1.807) is 42.5 Å². The molecule has 270 valence electrons. The molecule has 16 heteroatoms. The number of carbonyl (C=O) groups excluding carboxylic acids is 4. The molecular formula is C35H42N8O8. The maximum absolute atomic E-state index is 14.6. The number of nitrogens with two attached hydrogens (primary N) is 2. The molecule has 3 atom stereocenters. The third-order valence-electron chi connectivity index (χ3n) is 7.64. The first-order valence-electron chi connectivity index (χ1n) is 16.2. The first-order chi connectivity index (χ1) is 24.4. The third-order valence-corrected chi connectivity index (χ3v) is 7.64. The Hall–Kier alpha value is -6.16. The Labute approximate surface area is 294 Å². The minimum atomic E-state index is -1.38. The average Bonchev–Trinajstić information content (AvgIpc) is 3.65. The highest BCUT2D eigenvalue weighted by atomic mass is 16.6. The number of anilines is 1. The molecule has 1 heterocycles. The second-order valence-corrected chi connectivity index (χ2v) is 11.6. The molecule has 0 radical (unpaired) electrons. The second-order valence-electron chi connectivity index (χ2n) is 11.6. The quantitative estimate of drug-likeness (QED) is 0.0467. The summed E-state index contributed by atoms with van der Waals surface area (Å²) in [7, 11) is 0. The summed E-state index contributed by atoms with van der Waals surface area (Å²) in [4.78, 5) is 80.5. The molecule has 0 aliphatic carbocycles. The Morgan fingerprint density at radius 2 is 1.61 bits per heavy atom.